The molecule has 0 aliphatic heterocycles. The molecule has 0 amide bonds. The fourth-order valence-corrected chi connectivity index (χ4v) is 2.70. The monoisotopic (exact) mass is 263 g/mol. The predicted octanol–water partition coefficient (Wildman–Crippen LogP) is 6.15. The molecular weight excluding hydrogens is 242 g/mol. The van der Waals surface area contributed by atoms with E-state index in [-0.39, 0.29) is 0 Å². The minimum absolute atomic E-state index is 0.490. The highest BCUT2D eigenvalue weighted by molar-refractivity contribution is 5.71. The Kier molecular flexibility index (Phi) is 4.25. The van der Waals surface area contributed by atoms with Crippen LogP contribution in [0.25, 0.3) is 16.0 Å². The molecule has 0 aliphatic rings. The Bertz CT molecular complexity index is 628. The normalized spacial score (nSPS) is 10.8. The summed E-state index contributed by atoms with van der Waals surface area (Å²) in [6.45, 7) is 16.0. The number of hydrogen-bond acceptors (Lipinski definition) is 0. The third-order valence-electron chi connectivity index (χ3n) is 3.65. The minimum Gasteiger partial charge on any atom is -0.238 e. The molecule has 0 saturated carbocycles. The van der Waals surface area contributed by atoms with Crippen LogP contribution in [0.4, 0.5) is 5.69 Å². The lowest BCUT2D eigenvalue weighted by atomic mass is 9.84. The molecule has 0 unspecified atom stereocenters. The van der Waals surface area contributed by atoms with Crippen LogP contribution in [0.3, 0.4) is 0 Å². The number of rotatable bonds is 3. The second-order valence-electron chi connectivity index (χ2n) is 5.78. The van der Waals surface area contributed by atoms with E-state index in [1.165, 1.54) is 22.3 Å². The summed E-state index contributed by atoms with van der Waals surface area (Å²) >= 11 is 0. The maximum Gasteiger partial charge on any atom is 0.187 e. The number of hydrogen-bond donors (Lipinski definition) is 0. The quantitative estimate of drug-likeness (QED) is 0.585. The van der Waals surface area contributed by atoms with Crippen LogP contribution >= 0.6 is 0 Å². The Balaban J connectivity index is 2.61. The Labute approximate surface area is 122 Å². The molecule has 2 aromatic carbocycles. The van der Waals surface area contributed by atoms with Crippen LogP contribution in [-0.2, 0) is 0 Å². The lowest BCUT2D eigenvalue weighted by Crippen LogP contribution is -2.01. The van der Waals surface area contributed by atoms with E-state index in [1.807, 2.05) is 12.1 Å². The van der Waals surface area contributed by atoms with Gasteiger partial charge in [0.25, 0.3) is 0 Å². The number of benzene rings is 2. The Hall–Kier alpha value is -2.07. The molecule has 2 aromatic rings. The van der Waals surface area contributed by atoms with Crippen LogP contribution < -0.4 is 0 Å². The van der Waals surface area contributed by atoms with Gasteiger partial charge >= 0.3 is 0 Å². The zero-order chi connectivity index (χ0) is 14.7. The molecule has 0 aliphatic carbocycles. The maximum absolute atomic E-state index is 7.04. The van der Waals surface area contributed by atoms with Crippen LogP contribution in [0.1, 0.15) is 50.7 Å². The first-order chi connectivity index (χ1) is 9.54. The average Bonchev–Trinajstić information content (AvgIpc) is 2.46. The molecule has 0 saturated heterocycles. The van der Waals surface area contributed by atoms with Crippen LogP contribution in [0, 0.1) is 6.57 Å². The summed E-state index contributed by atoms with van der Waals surface area (Å²) in [5, 5.41) is 0. The summed E-state index contributed by atoms with van der Waals surface area (Å²) in [5.74, 6) is 1.01. The second-order valence-corrected chi connectivity index (χ2v) is 5.78. The summed E-state index contributed by atoms with van der Waals surface area (Å²) in [6, 6.07) is 14.5. The van der Waals surface area contributed by atoms with Crippen molar-refractivity contribution < 1.29 is 0 Å². The van der Waals surface area contributed by atoms with Gasteiger partial charge in [0, 0.05) is 0 Å². The van der Waals surface area contributed by atoms with E-state index in [4.69, 9.17) is 6.57 Å². The van der Waals surface area contributed by atoms with E-state index in [2.05, 4.69) is 62.9 Å². The third-order valence-corrected chi connectivity index (χ3v) is 3.65. The van der Waals surface area contributed by atoms with Crippen LogP contribution in [-0.4, -0.2) is 0 Å². The molecule has 1 nitrogen and oxygen atoms in total. The molecule has 0 aromatic heterocycles. The first-order valence-electron chi connectivity index (χ1n) is 7.15. The van der Waals surface area contributed by atoms with E-state index >= 15 is 0 Å². The van der Waals surface area contributed by atoms with Crippen molar-refractivity contribution in [1.29, 1.82) is 0 Å². The third kappa shape index (κ3) is 2.75. The summed E-state index contributed by atoms with van der Waals surface area (Å²) in [7, 11) is 0. The molecule has 1 heteroatoms. The first kappa shape index (κ1) is 14.3. The van der Waals surface area contributed by atoms with Gasteiger partial charge in [0.15, 0.2) is 5.69 Å². The van der Waals surface area contributed by atoms with Gasteiger partial charge in [-0.05, 0) is 34.1 Å². The molecule has 0 bridgehead atoms. The van der Waals surface area contributed by atoms with E-state index in [1.54, 1.807) is 0 Å². The smallest absolute Gasteiger partial charge is 0.187 e. The van der Waals surface area contributed by atoms with Crippen LogP contribution in [0.2, 0.25) is 0 Å². The van der Waals surface area contributed by atoms with Gasteiger partial charge in [-0.1, -0.05) is 70.2 Å². The summed E-state index contributed by atoms with van der Waals surface area (Å²) < 4.78 is 0. The average molecular weight is 263 g/mol. The van der Waals surface area contributed by atoms with Gasteiger partial charge in [-0.2, -0.15) is 0 Å². The van der Waals surface area contributed by atoms with Gasteiger partial charge in [0.05, 0.1) is 6.57 Å². The molecule has 0 radical (unpaired) electrons. The highest BCUT2D eigenvalue weighted by Crippen LogP contribution is 2.35. The summed E-state index contributed by atoms with van der Waals surface area (Å²) in [5.41, 5.74) is 6.04. The molecule has 0 spiro atoms. The Morgan fingerprint density at radius 3 is 2.00 bits per heavy atom. The molecule has 2 rings (SSSR count). The van der Waals surface area contributed by atoms with Crippen molar-refractivity contribution in [2.45, 2.75) is 39.5 Å². The van der Waals surface area contributed by atoms with Crippen molar-refractivity contribution in [1.82, 2.24) is 0 Å². The van der Waals surface area contributed by atoms with Crippen LogP contribution in [0.5, 0.6) is 0 Å². The minimum atomic E-state index is 0.490. The van der Waals surface area contributed by atoms with Gasteiger partial charge < -0.3 is 0 Å². The molecular formula is C19H21N. The van der Waals surface area contributed by atoms with Crippen molar-refractivity contribution in [2.24, 2.45) is 0 Å². The second kappa shape index (κ2) is 5.92. The molecule has 20 heavy (non-hydrogen) atoms. The SMILES string of the molecule is [C-]#[N+]c1ccc(-c2cccc(C(C)C)c2C(C)C)cc1. The molecule has 0 heterocycles. The molecule has 102 valence electrons. The van der Waals surface area contributed by atoms with Crippen molar-refractivity contribution in [3.63, 3.8) is 0 Å². The zero-order valence-corrected chi connectivity index (χ0v) is 12.6. The summed E-state index contributed by atoms with van der Waals surface area (Å²) in [4.78, 5) is 3.46. The Morgan fingerprint density at radius 2 is 1.50 bits per heavy atom. The van der Waals surface area contributed by atoms with E-state index < -0.39 is 0 Å². The molecule has 0 fully saturated rings. The highest BCUT2D eigenvalue weighted by atomic mass is 14.6. The van der Waals surface area contributed by atoms with Crippen LogP contribution in [0.15, 0.2) is 42.5 Å². The van der Waals surface area contributed by atoms with Crippen molar-refractivity contribution in [3.8, 4) is 11.1 Å². The fraction of sp³-hybridized carbons (Fsp3) is 0.316. The van der Waals surface area contributed by atoms with Crippen molar-refractivity contribution in [3.05, 3.63) is 65.0 Å². The topological polar surface area (TPSA) is 4.36 Å². The molecule has 0 atom stereocenters. The zero-order valence-electron chi connectivity index (χ0n) is 12.6. The fourth-order valence-electron chi connectivity index (χ4n) is 2.70. The van der Waals surface area contributed by atoms with E-state index in [0.29, 0.717) is 17.5 Å². The van der Waals surface area contributed by atoms with Gasteiger partial charge in [0.1, 0.15) is 0 Å². The largest absolute Gasteiger partial charge is 0.238 e. The summed E-state index contributed by atoms with van der Waals surface area (Å²) in [6.07, 6.45) is 0. The van der Waals surface area contributed by atoms with Gasteiger partial charge in [0.2, 0.25) is 0 Å². The predicted molar refractivity (Wildman–Crippen MR) is 86.3 cm³/mol. The standard InChI is InChI=1S/C19H21N/c1-13(2)17-7-6-8-18(19(17)14(3)4)15-9-11-16(20-5)12-10-15/h6-14H,1-4H3. The van der Waals surface area contributed by atoms with E-state index in [9.17, 15) is 0 Å². The van der Waals surface area contributed by atoms with Crippen molar-refractivity contribution >= 4 is 5.69 Å². The lowest BCUT2D eigenvalue weighted by Gasteiger charge is -2.20. The van der Waals surface area contributed by atoms with E-state index in [0.717, 1.165) is 0 Å². The van der Waals surface area contributed by atoms with Gasteiger partial charge in [-0.25, -0.2) is 4.85 Å². The molecule has 0 N–H and O–H groups in total. The first-order valence-corrected chi connectivity index (χ1v) is 7.15. The maximum atomic E-state index is 7.04. The Morgan fingerprint density at radius 1 is 0.850 bits per heavy atom. The van der Waals surface area contributed by atoms with Crippen molar-refractivity contribution in [2.75, 3.05) is 0 Å². The lowest BCUT2D eigenvalue weighted by molar-refractivity contribution is 0.792. The van der Waals surface area contributed by atoms with Gasteiger partial charge in [-0.15, -0.1) is 0 Å². The highest BCUT2D eigenvalue weighted by Gasteiger charge is 2.15. The number of nitrogens with zero attached hydrogens (tertiary/aromatic N) is 1. The van der Waals surface area contributed by atoms with Gasteiger partial charge in [-0.3, -0.25) is 0 Å².